The Bertz CT molecular complexity index is 190. The molecular formula is C7H10NO2+. The van der Waals surface area contributed by atoms with Crippen LogP contribution in [-0.4, -0.2) is 10.2 Å². The molecule has 0 fully saturated rings. The molecule has 0 aliphatic heterocycles. The minimum Gasteiger partial charge on any atom is -0.385 e. The van der Waals surface area contributed by atoms with E-state index in [0.717, 1.165) is 0 Å². The molecule has 1 aromatic heterocycles. The second-order valence-corrected chi connectivity index (χ2v) is 1.96. The average molecular weight is 140 g/mol. The van der Waals surface area contributed by atoms with E-state index >= 15 is 0 Å². The zero-order valence-electron chi connectivity index (χ0n) is 5.57. The maximum absolute atomic E-state index is 8.72. The van der Waals surface area contributed by atoms with Crippen molar-refractivity contribution in [1.82, 2.24) is 0 Å². The summed E-state index contributed by atoms with van der Waals surface area (Å²) in [4.78, 5) is 0. The van der Waals surface area contributed by atoms with E-state index in [1.54, 1.807) is 22.9 Å². The molecule has 0 amide bonds. The minimum atomic E-state index is -0.0866. The lowest BCUT2D eigenvalue weighted by Gasteiger charge is -1.94. The SMILES string of the molecule is OCc1cccc[n+]1CO. The minimum absolute atomic E-state index is 0.0403. The summed E-state index contributed by atoms with van der Waals surface area (Å²) in [6.45, 7) is -0.127. The first-order valence-corrected chi connectivity index (χ1v) is 3.07. The Morgan fingerprint density at radius 2 is 2.10 bits per heavy atom. The van der Waals surface area contributed by atoms with E-state index in [2.05, 4.69) is 0 Å². The van der Waals surface area contributed by atoms with Crippen molar-refractivity contribution in [2.75, 3.05) is 0 Å². The molecule has 0 radical (unpaired) electrons. The Balaban J connectivity index is 2.96. The van der Waals surface area contributed by atoms with E-state index < -0.39 is 0 Å². The van der Waals surface area contributed by atoms with E-state index in [0.29, 0.717) is 5.69 Å². The van der Waals surface area contributed by atoms with Crippen LogP contribution in [0.25, 0.3) is 0 Å². The summed E-state index contributed by atoms with van der Waals surface area (Å²) in [5.41, 5.74) is 0.713. The monoisotopic (exact) mass is 140 g/mol. The highest BCUT2D eigenvalue weighted by atomic mass is 16.3. The summed E-state index contributed by atoms with van der Waals surface area (Å²) in [5.74, 6) is 0. The molecule has 1 rings (SSSR count). The van der Waals surface area contributed by atoms with E-state index in [-0.39, 0.29) is 13.3 Å². The van der Waals surface area contributed by atoms with Gasteiger partial charge >= 0.3 is 0 Å². The Morgan fingerprint density at radius 1 is 1.30 bits per heavy atom. The third-order valence-corrected chi connectivity index (χ3v) is 1.35. The van der Waals surface area contributed by atoms with Crippen LogP contribution < -0.4 is 4.57 Å². The standard InChI is InChI=1S/C7H10NO2/c9-5-7-3-1-2-4-8(7)6-10/h1-4,9-10H,5-6H2/q+1. The molecule has 0 saturated carbocycles. The van der Waals surface area contributed by atoms with Crippen LogP contribution in [0.15, 0.2) is 24.4 Å². The second kappa shape index (κ2) is 3.29. The zero-order chi connectivity index (χ0) is 7.40. The van der Waals surface area contributed by atoms with Gasteiger partial charge in [-0.05, 0) is 0 Å². The van der Waals surface area contributed by atoms with E-state index in [4.69, 9.17) is 10.2 Å². The Hall–Kier alpha value is -0.930. The highest BCUT2D eigenvalue weighted by molar-refractivity contribution is 4.95. The predicted octanol–water partition coefficient (Wildman–Crippen LogP) is -0.584. The molecule has 1 heterocycles. The fourth-order valence-electron chi connectivity index (χ4n) is 0.793. The van der Waals surface area contributed by atoms with Gasteiger partial charge < -0.3 is 10.2 Å². The normalized spacial score (nSPS) is 9.80. The zero-order valence-corrected chi connectivity index (χ0v) is 5.57. The molecule has 3 heteroatoms. The lowest BCUT2D eigenvalue weighted by Crippen LogP contribution is -2.37. The molecule has 0 aromatic carbocycles. The molecule has 54 valence electrons. The number of aliphatic hydroxyl groups is 2. The maximum atomic E-state index is 8.72. The quantitative estimate of drug-likeness (QED) is 0.540. The van der Waals surface area contributed by atoms with Crippen molar-refractivity contribution < 1.29 is 14.8 Å². The van der Waals surface area contributed by atoms with Crippen LogP contribution >= 0.6 is 0 Å². The Labute approximate surface area is 59.2 Å². The van der Waals surface area contributed by atoms with Crippen LogP contribution in [0.4, 0.5) is 0 Å². The Kier molecular flexibility index (Phi) is 2.36. The predicted molar refractivity (Wildman–Crippen MR) is 34.8 cm³/mol. The smallest absolute Gasteiger partial charge is 0.250 e. The number of aliphatic hydroxyl groups excluding tert-OH is 2. The number of aromatic nitrogens is 1. The fourth-order valence-corrected chi connectivity index (χ4v) is 0.793. The van der Waals surface area contributed by atoms with Crippen LogP contribution in [0.3, 0.4) is 0 Å². The third kappa shape index (κ3) is 1.32. The van der Waals surface area contributed by atoms with E-state index in [1.807, 2.05) is 6.07 Å². The maximum Gasteiger partial charge on any atom is 0.250 e. The van der Waals surface area contributed by atoms with Gasteiger partial charge in [-0.25, -0.2) is 0 Å². The number of hydrogen-bond acceptors (Lipinski definition) is 2. The molecule has 0 saturated heterocycles. The van der Waals surface area contributed by atoms with Crippen LogP contribution in [0.5, 0.6) is 0 Å². The molecule has 0 spiro atoms. The van der Waals surface area contributed by atoms with Crippen LogP contribution in [0.1, 0.15) is 5.69 Å². The van der Waals surface area contributed by atoms with Crippen molar-refractivity contribution in [2.24, 2.45) is 0 Å². The lowest BCUT2D eigenvalue weighted by molar-refractivity contribution is -0.737. The molecule has 2 N–H and O–H groups in total. The number of rotatable bonds is 2. The molecule has 0 aliphatic rings. The molecule has 3 nitrogen and oxygen atoms in total. The van der Waals surface area contributed by atoms with E-state index in [1.165, 1.54) is 0 Å². The van der Waals surface area contributed by atoms with Gasteiger partial charge in [0, 0.05) is 12.1 Å². The van der Waals surface area contributed by atoms with Crippen molar-refractivity contribution in [3.63, 3.8) is 0 Å². The van der Waals surface area contributed by atoms with Gasteiger partial charge in [-0.3, -0.25) is 0 Å². The van der Waals surface area contributed by atoms with Crippen LogP contribution in [-0.2, 0) is 13.3 Å². The van der Waals surface area contributed by atoms with Gasteiger partial charge in [0.1, 0.15) is 6.61 Å². The highest BCUT2D eigenvalue weighted by Crippen LogP contribution is 1.88. The molecular weight excluding hydrogens is 130 g/mol. The summed E-state index contributed by atoms with van der Waals surface area (Å²) >= 11 is 0. The summed E-state index contributed by atoms with van der Waals surface area (Å²) in [6, 6.07) is 5.38. The van der Waals surface area contributed by atoms with Gasteiger partial charge in [0.15, 0.2) is 6.20 Å². The summed E-state index contributed by atoms with van der Waals surface area (Å²) in [5, 5.41) is 17.4. The van der Waals surface area contributed by atoms with E-state index in [9.17, 15) is 0 Å². The molecule has 0 bridgehead atoms. The van der Waals surface area contributed by atoms with Gasteiger partial charge in [0.2, 0.25) is 12.4 Å². The summed E-state index contributed by atoms with van der Waals surface area (Å²) in [7, 11) is 0. The van der Waals surface area contributed by atoms with Crippen LogP contribution in [0, 0.1) is 0 Å². The van der Waals surface area contributed by atoms with Gasteiger partial charge in [0.05, 0.1) is 0 Å². The van der Waals surface area contributed by atoms with Gasteiger partial charge in [-0.2, -0.15) is 4.57 Å². The van der Waals surface area contributed by atoms with Crippen molar-refractivity contribution in [2.45, 2.75) is 13.3 Å². The first kappa shape index (κ1) is 7.18. The first-order chi connectivity index (χ1) is 4.88. The van der Waals surface area contributed by atoms with Crippen LogP contribution in [0.2, 0.25) is 0 Å². The van der Waals surface area contributed by atoms with Crippen molar-refractivity contribution in [3.05, 3.63) is 30.1 Å². The highest BCUT2D eigenvalue weighted by Gasteiger charge is 2.03. The topological polar surface area (TPSA) is 44.3 Å². The van der Waals surface area contributed by atoms with Gasteiger partial charge in [-0.15, -0.1) is 0 Å². The Morgan fingerprint density at radius 3 is 2.60 bits per heavy atom. The van der Waals surface area contributed by atoms with Crippen molar-refractivity contribution >= 4 is 0 Å². The number of nitrogens with zero attached hydrogens (tertiary/aromatic N) is 1. The second-order valence-electron chi connectivity index (χ2n) is 1.96. The van der Waals surface area contributed by atoms with Crippen molar-refractivity contribution in [3.8, 4) is 0 Å². The lowest BCUT2D eigenvalue weighted by atomic mass is 10.3. The molecule has 10 heavy (non-hydrogen) atoms. The first-order valence-electron chi connectivity index (χ1n) is 3.07. The number of pyridine rings is 1. The molecule has 0 atom stereocenters. The van der Waals surface area contributed by atoms with Gasteiger partial charge in [0.25, 0.3) is 0 Å². The average Bonchev–Trinajstić information content (AvgIpc) is 2.04. The largest absolute Gasteiger partial charge is 0.385 e. The molecule has 0 unspecified atom stereocenters. The summed E-state index contributed by atoms with van der Waals surface area (Å²) < 4.78 is 1.57. The molecule has 0 aliphatic carbocycles. The molecule has 1 aromatic rings. The fraction of sp³-hybridized carbons (Fsp3) is 0.286. The van der Waals surface area contributed by atoms with Gasteiger partial charge in [-0.1, -0.05) is 6.07 Å². The summed E-state index contributed by atoms with van der Waals surface area (Å²) in [6.07, 6.45) is 1.71. The van der Waals surface area contributed by atoms with Crippen molar-refractivity contribution in [1.29, 1.82) is 0 Å². The number of hydrogen-bond donors (Lipinski definition) is 2. The third-order valence-electron chi connectivity index (χ3n) is 1.35.